The first-order chi connectivity index (χ1) is 9.71. The highest BCUT2D eigenvalue weighted by Gasteiger charge is 2.32. The minimum Gasteiger partial charge on any atom is -0.478 e. The molecule has 21 heavy (non-hydrogen) atoms. The molecule has 6 nitrogen and oxygen atoms in total. The molecule has 0 aromatic heterocycles. The summed E-state index contributed by atoms with van der Waals surface area (Å²) in [5.74, 6) is -1.14. The Morgan fingerprint density at radius 3 is 2.43 bits per heavy atom. The molecule has 116 valence electrons. The van der Waals surface area contributed by atoms with Crippen LogP contribution < -0.4 is 0 Å². The van der Waals surface area contributed by atoms with Crippen LogP contribution >= 0.6 is 22.6 Å². The number of aromatic carboxylic acids is 1. The molecule has 2 atom stereocenters. The molecule has 1 saturated heterocycles. The topological polar surface area (TPSA) is 83.9 Å². The molecule has 1 aromatic carbocycles. The fourth-order valence-corrected chi connectivity index (χ4v) is 4.49. The number of benzene rings is 1. The number of sulfonamides is 1. The van der Waals surface area contributed by atoms with E-state index in [1.54, 1.807) is 0 Å². The Morgan fingerprint density at radius 2 is 1.90 bits per heavy atom. The summed E-state index contributed by atoms with van der Waals surface area (Å²) in [6.45, 7) is 4.16. The number of nitrogens with zero attached hydrogens (tertiary/aromatic N) is 1. The van der Waals surface area contributed by atoms with E-state index < -0.39 is 16.0 Å². The molecular weight excluding hydrogens is 409 g/mol. The number of rotatable bonds is 3. The standard InChI is InChI=1S/C13H16INO5S/c1-8-6-15(7-9(2)20-8)21(18,19)10-3-4-12(14)11(5-10)13(16)17/h3-5,8-9H,6-7H2,1-2H3,(H,16,17). The lowest BCUT2D eigenvalue weighted by Crippen LogP contribution is -2.48. The predicted molar refractivity (Wildman–Crippen MR) is 84.9 cm³/mol. The van der Waals surface area contributed by atoms with Gasteiger partial charge in [-0.3, -0.25) is 0 Å². The zero-order chi connectivity index (χ0) is 15.8. The van der Waals surface area contributed by atoms with Gasteiger partial charge < -0.3 is 9.84 Å². The van der Waals surface area contributed by atoms with Crippen LogP contribution in [0.25, 0.3) is 0 Å². The fraction of sp³-hybridized carbons (Fsp3) is 0.462. The number of carboxylic acid groups (broad SMARTS) is 1. The van der Waals surface area contributed by atoms with Crippen LogP contribution in [0.3, 0.4) is 0 Å². The highest BCUT2D eigenvalue weighted by Crippen LogP contribution is 2.24. The number of carboxylic acids is 1. The minimum absolute atomic E-state index is 0.00150. The van der Waals surface area contributed by atoms with Gasteiger partial charge in [-0.25, -0.2) is 13.2 Å². The highest BCUT2D eigenvalue weighted by molar-refractivity contribution is 14.1. The van der Waals surface area contributed by atoms with Crippen LogP contribution in [0.2, 0.25) is 0 Å². The maximum atomic E-state index is 12.6. The van der Waals surface area contributed by atoms with E-state index in [0.29, 0.717) is 3.57 Å². The first-order valence-electron chi connectivity index (χ1n) is 6.40. The van der Waals surface area contributed by atoms with E-state index in [0.717, 1.165) is 0 Å². The SMILES string of the molecule is CC1CN(S(=O)(=O)c2ccc(I)c(C(=O)O)c2)CC(C)O1. The van der Waals surface area contributed by atoms with Gasteiger partial charge in [-0.1, -0.05) is 0 Å². The molecule has 0 bridgehead atoms. The molecule has 0 radical (unpaired) electrons. The van der Waals surface area contributed by atoms with Crippen molar-refractivity contribution in [3.8, 4) is 0 Å². The molecule has 1 aliphatic heterocycles. The van der Waals surface area contributed by atoms with Crippen molar-refractivity contribution in [1.29, 1.82) is 0 Å². The van der Waals surface area contributed by atoms with Crippen molar-refractivity contribution >= 4 is 38.6 Å². The zero-order valence-corrected chi connectivity index (χ0v) is 14.6. The number of hydrogen-bond donors (Lipinski definition) is 1. The van der Waals surface area contributed by atoms with E-state index in [1.807, 2.05) is 36.4 Å². The van der Waals surface area contributed by atoms with Crippen molar-refractivity contribution in [2.75, 3.05) is 13.1 Å². The van der Waals surface area contributed by atoms with Gasteiger partial charge in [-0.2, -0.15) is 4.31 Å². The van der Waals surface area contributed by atoms with Crippen LogP contribution in [0.15, 0.2) is 23.1 Å². The van der Waals surface area contributed by atoms with Crippen molar-refractivity contribution in [1.82, 2.24) is 4.31 Å². The number of halogens is 1. The molecular formula is C13H16INO5S. The molecule has 1 fully saturated rings. The van der Waals surface area contributed by atoms with Gasteiger partial charge in [0, 0.05) is 16.7 Å². The second-order valence-electron chi connectivity index (χ2n) is 5.03. The summed E-state index contributed by atoms with van der Waals surface area (Å²) in [6, 6.07) is 4.16. The molecule has 1 N–H and O–H groups in total. The van der Waals surface area contributed by atoms with E-state index in [9.17, 15) is 13.2 Å². The van der Waals surface area contributed by atoms with Crippen LogP contribution in [0.5, 0.6) is 0 Å². The molecule has 1 heterocycles. The normalized spacial score (nSPS) is 24.0. The van der Waals surface area contributed by atoms with Crippen molar-refractivity contribution in [3.63, 3.8) is 0 Å². The average Bonchev–Trinajstić information content (AvgIpc) is 2.37. The van der Waals surface area contributed by atoms with Crippen molar-refractivity contribution in [2.24, 2.45) is 0 Å². The molecule has 2 rings (SSSR count). The second-order valence-corrected chi connectivity index (χ2v) is 8.13. The monoisotopic (exact) mass is 425 g/mol. The van der Waals surface area contributed by atoms with Crippen molar-refractivity contribution in [3.05, 3.63) is 27.3 Å². The molecule has 1 aromatic rings. The third kappa shape index (κ3) is 3.55. The number of carbonyl (C=O) groups is 1. The molecule has 0 saturated carbocycles. The molecule has 0 spiro atoms. The van der Waals surface area contributed by atoms with Gasteiger partial charge >= 0.3 is 5.97 Å². The summed E-state index contributed by atoms with van der Waals surface area (Å²) in [6.07, 6.45) is -0.377. The van der Waals surface area contributed by atoms with Crippen LogP contribution in [0.1, 0.15) is 24.2 Å². The van der Waals surface area contributed by atoms with Crippen LogP contribution in [-0.4, -0.2) is 49.1 Å². The molecule has 1 aliphatic rings. The van der Waals surface area contributed by atoms with Gasteiger partial charge in [0.15, 0.2) is 0 Å². The van der Waals surface area contributed by atoms with Crippen molar-refractivity contribution in [2.45, 2.75) is 31.0 Å². The maximum Gasteiger partial charge on any atom is 0.336 e. The quantitative estimate of drug-likeness (QED) is 0.747. The van der Waals surface area contributed by atoms with Crippen LogP contribution in [-0.2, 0) is 14.8 Å². The Morgan fingerprint density at radius 1 is 1.33 bits per heavy atom. The Bertz CT molecular complexity index is 651. The van der Waals surface area contributed by atoms with Gasteiger partial charge in [-0.05, 0) is 54.6 Å². The molecule has 0 aliphatic carbocycles. The van der Waals surface area contributed by atoms with E-state index >= 15 is 0 Å². The Labute approximate surface area is 137 Å². The number of hydrogen-bond acceptors (Lipinski definition) is 4. The van der Waals surface area contributed by atoms with Crippen LogP contribution in [0.4, 0.5) is 0 Å². The second kappa shape index (κ2) is 6.19. The summed E-state index contributed by atoms with van der Waals surface area (Å²) < 4.78 is 32.7. The first-order valence-corrected chi connectivity index (χ1v) is 8.92. The van der Waals surface area contributed by atoms with Crippen LogP contribution in [0, 0.1) is 3.57 Å². The van der Waals surface area contributed by atoms with E-state index in [4.69, 9.17) is 9.84 Å². The summed E-state index contributed by atoms with van der Waals surface area (Å²) >= 11 is 1.87. The third-order valence-corrected chi connectivity index (χ3v) is 5.96. The predicted octanol–water partition coefficient (Wildman–Crippen LogP) is 1.79. The van der Waals surface area contributed by atoms with E-state index in [-0.39, 0.29) is 35.8 Å². The lowest BCUT2D eigenvalue weighted by Gasteiger charge is -2.34. The lowest BCUT2D eigenvalue weighted by molar-refractivity contribution is -0.0440. The maximum absolute atomic E-state index is 12.6. The lowest BCUT2D eigenvalue weighted by atomic mass is 10.2. The van der Waals surface area contributed by atoms with Gasteiger partial charge in [0.05, 0.1) is 22.7 Å². The Hall–Kier alpha value is -0.710. The Kier molecular flexibility index (Phi) is 4.91. The summed E-state index contributed by atoms with van der Waals surface area (Å²) in [5, 5.41) is 9.12. The number of ether oxygens (including phenoxy) is 1. The molecule has 8 heteroatoms. The van der Waals surface area contributed by atoms with Gasteiger partial charge in [0.2, 0.25) is 10.0 Å². The molecule has 2 unspecified atom stereocenters. The first kappa shape index (κ1) is 16.7. The van der Waals surface area contributed by atoms with Gasteiger partial charge in [0.1, 0.15) is 0 Å². The summed E-state index contributed by atoms with van der Waals surface area (Å²) in [4.78, 5) is 11.1. The number of morpholine rings is 1. The fourth-order valence-electron chi connectivity index (χ4n) is 2.30. The highest BCUT2D eigenvalue weighted by atomic mass is 127. The smallest absolute Gasteiger partial charge is 0.336 e. The van der Waals surface area contributed by atoms with Gasteiger partial charge in [-0.15, -0.1) is 0 Å². The van der Waals surface area contributed by atoms with Crippen molar-refractivity contribution < 1.29 is 23.1 Å². The summed E-state index contributed by atoms with van der Waals surface area (Å²) in [7, 11) is -3.71. The third-order valence-electron chi connectivity index (χ3n) is 3.19. The largest absolute Gasteiger partial charge is 0.478 e. The minimum atomic E-state index is -3.71. The summed E-state index contributed by atoms with van der Waals surface area (Å²) in [5.41, 5.74) is -0.00830. The van der Waals surface area contributed by atoms with E-state index in [2.05, 4.69) is 0 Å². The van der Waals surface area contributed by atoms with E-state index in [1.165, 1.54) is 22.5 Å². The molecule has 0 amide bonds. The average molecular weight is 425 g/mol. The zero-order valence-electron chi connectivity index (χ0n) is 11.6. The Balaban J connectivity index is 2.40. The van der Waals surface area contributed by atoms with Gasteiger partial charge in [0.25, 0.3) is 0 Å².